The first-order chi connectivity index (χ1) is 8.97. The van der Waals surface area contributed by atoms with Gasteiger partial charge in [-0.25, -0.2) is 9.18 Å². The largest absolute Gasteiger partial charge is 0.480 e. The Bertz CT molecular complexity index is 464. The molecule has 0 radical (unpaired) electrons. The molecule has 0 saturated carbocycles. The molecule has 0 aliphatic rings. The third-order valence-electron chi connectivity index (χ3n) is 2.40. The van der Waals surface area contributed by atoms with Crippen molar-refractivity contribution in [1.29, 1.82) is 0 Å². The van der Waals surface area contributed by atoms with Gasteiger partial charge >= 0.3 is 5.97 Å². The van der Waals surface area contributed by atoms with E-state index < -0.39 is 23.7 Å². The van der Waals surface area contributed by atoms with Crippen molar-refractivity contribution < 1.29 is 19.1 Å². The Morgan fingerprint density at radius 1 is 1.53 bits per heavy atom. The van der Waals surface area contributed by atoms with Crippen molar-refractivity contribution in [2.45, 2.75) is 12.5 Å². The van der Waals surface area contributed by atoms with Crippen LogP contribution in [0, 0.1) is 5.82 Å². The van der Waals surface area contributed by atoms with E-state index in [0.717, 1.165) is 6.07 Å². The van der Waals surface area contributed by atoms with Crippen LogP contribution in [-0.2, 0) is 4.79 Å². The van der Waals surface area contributed by atoms with Crippen molar-refractivity contribution in [2.75, 3.05) is 12.0 Å². The first-order valence-corrected chi connectivity index (χ1v) is 7.21. The zero-order valence-corrected chi connectivity index (χ0v) is 11.7. The van der Waals surface area contributed by atoms with Crippen molar-refractivity contribution >= 4 is 35.2 Å². The average Bonchev–Trinajstić information content (AvgIpc) is 2.33. The van der Waals surface area contributed by atoms with Gasteiger partial charge in [-0.2, -0.15) is 11.8 Å². The summed E-state index contributed by atoms with van der Waals surface area (Å²) in [5.41, 5.74) is -0.334. The van der Waals surface area contributed by atoms with Crippen molar-refractivity contribution in [3.05, 3.63) is 34.6 Å². The highest BCUT2D eigenvalue weighted by molar-refractivity contribution is 7.98. The summed E-state index contributed by atoms with van der Waals surface area (Å²) < 4.78 is 13.5. The van der Waals surface area contributed by atoms with Gasteiger partial charge in [0, 0.05) is 0 Å². The maximum absolute atomic E-state index is 13.5. The minimum Gasteiger partial charge on any atom is -0.480 e. The van der Waals surface area contributed by atoms with Gasteiger partial charge in [-0.15, -0.1) is 0 Å². The molecule has 0 spiro atoms. The highest BCUT2D eigenvalue weighted by Gasteiger charge is 2.23. The second kappa shape index (κ2) is 7.35. The number of carbonyl (C=O) groups excluding carboxylic acids is 1. The van der Waals surface area contributed by atoms with Gasteiger partial charge in [0.15, 0.2) is 0 Å². The van der Waals surface area contributed by atoms with Crippen molar-refractivity contribution in [3.8, 4) is 0 Å². The molecule has 0 aliphatic heterocycles. The maximum atomic E-state index is 13.5. The Balaban J connectivity index is 2.85. The van der Waals surface area contributed by atoms with Gasteiger partial charge in [-0.3, -0.25) is 4.79 Å². The molecule has 1 aromatic rings. The van der Waals surface area contributed by atoms with E-state index in [-0.39, 0.29) is 17.0 Å². The maximum Gasteiger partial charge on any atom is 0.326 e. The number of hydrogen-bond donors (Lipinski definition) is 2. The summed E-state index contributed by atoms with van der Waals surface area (Å²) >= 11 is 7.20. The molecule has 0 aromatic heterocycles. The number of carbonyl (C=O) groups is 2. The molecule has 0 aliphatic carbocycles. The summed E-state index contributed by atoms with van der Waals surface area (Å²) in [6.07, 6.45) is 2.09. The topological polar surface area (TPSA) is 66.4 Å². The predicted octanol–water partition coefficient (Wildman–Crippen LogP) is 2.42. The third-order valence-corrected chi connectivity index (χ3v) is 3.36. The minimum absolute atomic E-state index is 0.0495. The van der Waals surface area contributed by atoms with Crippen LogP contribution in [0.4, 0.5) is 4.39 Å². The van der Waals surface area contributed by atoms with E-state index in [1.165, 1.54) is 23.9 Å². The quantitative estimate of drug-likeness (QED) is 0.847. The second-order valence-electron chi connectivity index (χ2n) is 3.74. The van der Waals surface area contributed by atoms with Gasteiger partial charge in [-0.05, 0) is 30.6 Å². The normalized spacial score (nSPS) is 11.9. The van der Waals surface area contributed by atoms with Gasteiger partial charge in [-0.1, -0.05) is 17.7 Å². The fraction of sp³-hybridized carbons (Fsp3) is 0.333. The molecule has 0 saturated heterocycles. The molecule has 4 nitrogen and oxygen atoms in total. The highest BCUT2D eigenvalue weighted by atomic mass is 35.5. The van der Waals surface area contributed by atoms with Gasteiger partial charge in [0.05, 0.1) is 10.6 Å². The van der Waals surface area contributed by atoms with Crippen LogP contribution in [0.25, 0.3) is 0 Å². The molecule has 1 rings (SSSR count). The van der Waals surface area contributed by atoms with Crippen molar-refractivity contribution in [3.63, 3.8) is 0 Å². The lowest BCUT2D eigenvalue weighted by Crippen LogP contribution is -2.41. The molecule has 2 N–H and O–H groups in total. The first kappa shape index (κ1) is 15.8. The van der Waals surface area contributed by atoms with E-state index in [1.54, 1.807) is 0 Å². The summed E-state index contributed by atoms with van der Waals surface area (Å²) in [5.74, 6) is -2.19. The molecule has 104 valence electrons. The molecule has 1 atom stereocenters. The van der Waals surface area contributed by atoms with Crippen LogP contribution in [0.5, 0.6) is 0 Å². The molecule has 7 heteroatoms. The number of nitrogens with one attached hydrogen (secondary N) is 1. The zero-order chi connectivity index (χ0) is 14.4. The highest BCUT2D eigenvalue weighted by Crippen LogP contribution is 2.19. The summed E-state index contributed by atoms with van der Waals surface area (Å²) in [4.78, 5) is 22.8. The lowest BCUT2D eigenvalue weighted by molar-refractivity contribution is -0.139. The summed E-state index contributed by atoms with van der Waals surface area (Å²) in [6, 6.07) is 2.78. The van der Waals surface area contributed by atoms with Gasteiger partial charge in [0.1, 0.15) is 11.9 Å². The summed E-state index contributed by atoms with van der Waals surface area (Å²) in [7, 11) is 0. The molecule has 19 heavy (non-hydrogen) atoms. The number of amides is 1. The van der Waals surface area contributed by atoms with E-state index in [1.807, 2.05) is 6.26 Å². The Labute approximate surface area is 119 Å². The summed E-state index contributed by atoms with van der Waals surface area (Å²) in [5, 5.41) is 11.2. The van der Waals surface area contributed by atoms with E-state index >= 15 is 0 Å². The Kier molecular flexibility index (Phi) is 6.11. The van der Waals surface area contributed by atoms with Crippen LogP contribution >= 0.6 is 23.4 Å². The molecular formula is C12H13ClFNO3S. The third kappa shape index (κ3) is 4.40. The molecule has 1 aromatic carbocycles. The van der Waals surface area contributed by atoms with Crippen LogP contribution in [0.1, 0.15) is 16.8 Å². The standard InChI is InChI=1S/C12H13ClFNO3S/c1-19-6-5-9(12(17)18)15-11(16)10-7(13)3-2-4-8(10)14/h2-4,9H,5-6H2,1H3,(H,15,16)(H,17,18)/t9-/m1/s1. The predicted molar refractivity (Wildman–Crippen MR) is 73.3 cm³/mol. The number of carboxylic acids is 1. The number of halogens is 2. The second-order valence-corrected chi connectivity index (χ2v) is 5.14. The SMILES string of the molecule is CSCC[C@@H](NC(=O)c1c(F)cccc1Cl)C(=O)O. The zero-order valence-electron chi connectivity index (χ0n) is 10.2. The lowest BCUT2D eigenvalue weighted by Gasteiger charge is -2.14. The summed E-state index contributed by atoms with van der Waals surface area (Å²) in [6.45, 7) is 0. The number of thioether (sulfide) groups is 1. The van der Waals surface area contributed by atoms with Gasteiger partial charge in [0.25, 0.3) is 5.91 Å². The minimum atomic E-state index is -1.16. The number of benzene rings is 1. The van der Waals surface area contributed by atoms with Crippen LogP contribution in [0.15, 0.2) is 18.2 Å². The van der Waals surface area contributed by atoms with Crippen molar-refractivity contribution in [1.82, 2.24) is 5.32 Å². The Morgan fingerprint density at radius 2 is 2.21 bits per heavy atom. The molecule has 0 heterocycles. The first-order valence-electron chi connectivity index (χ1n) is 5.44. The number of rotatable bonds is 6. The van der Waals surface area contributed by atoms with Crippen molar-refractivity contribution in [2.24, 2.45) is 0 Å². The molecule has 1 amide bonds. The van der Waals surface area contributed by atoms with E-state index in [9.17, 15) is 14.0 Å². The van der Waals surface area contributed by atoms with Crippen LogP contribution in [-0.4, -0.2) is 35.0 Å². The number of aliphatic carboxylic acids is 1. The number of carboxylic acid groups (broad SMARTS) is 1. The molecule has 0 bridgehead atoms. The molecule has 0 fully saturated rings. The van der Waals surface area contributed by atoms with Crippen LogP contribution in [0.2, 0.25) is 5.02 Å². The Hall–Kier alpha value is -1.27. The van der Waals surface area contributed by atoms with Gasteiger partial charge < -0.3 is 10.4 Å². The number of hydrogen-bond acceptors (Lipinski definition) is 3. The molecule has 0 unspecified atom stereocenters. The smallest absolute Gasteiger partial charge is 0.326 e. The van der Waals surface area contributed by atoms with Crippen LogP contribution in [0.3, 0.4) is 0 Å². The monoisotopic (exact) mass is 305 g/mol. The Morgan fingerprint density at radius 3 is 2.74 bits per heavy atom. The fourth-order valence-corrected chi connectivity index (χ4v) is 2.16. The van der Waals surface area contributed by atoms with Crippen LogP contribution < -0.4 is 5.32 Å². The van der Waals surface area contributed by atoms with E-state index in [4.69, 9.17) is 16.7 Å². The fourth-order valence-electron chi connectivity index (χ4n) is 1.44. The average molecular weight is 306 g/mol. The van der Waals surface area contributed by atoms with E-state index in [0.29, 0.717) is 5.75 Å². The molecular weight excluding hydrogens is 293 g/mol. The lowest BCUT2D eigenvalue weighted by atomic mass is 10.1. The van der Waals surface area contributed by atoms with E-state index in [2.05, 4.69) is 5.32 Å². The van der Waals surface area contributed by atoms with Gasteiger partial charge in [0.2, 0.25) is 0 Å².